The van der Waals surface area contributed by atoms with E-state index >= 15 is 0 Å². The largest absolute Gasteiger partial charge is 0.481 e. The first kappa shape index (κ1) is 14.5. The third kappa shape index (κ3) is 5.53. The summed E-state index contributed by atoms with van der Waals surface area (Å²) in [6.45, 7) is -0.185. The number of benzene rings is 1. The summed E-state index contributed by atoms with van der Waals surface area (Å²) >= 11 is 0. The molecule has 0 aromatic heterocycles. The van der Waals surface area contributed by atoms with Crippen LogP contribution in [-0.4, -0.2) is 36.0 Å². The molecular weight excluding hydrogens is 250 g/mol. The number of amides is 2. The van der Waals surface area contributed by atoms with E-state index in [2.05, 4.69) is 10.6 Å². The first-order chi connectivity index (χ1) is 8.99. The van der Waals surface area contributed by atoms with Crippen LogP contribution in [0.25, 0.3) is 0 Å². The lowest BCUT2D eigenvalue weighted by Gasteiger charge is -2.06. The van der Waals surface area contributed by atoms with E-state index < -0.39 is 17.8 Å². The molecule has 5 N–H and O–H groups in total. The van der Waals surface area contributed by atoms with Crippen LogP contribution in [0.15, 0.2) is 24.3 Å². The standard InChI is InChI=1S/C12H15N3O4/c13-9-3-1-2-8(6-9)12(19)15-7-10(16)14-5-4-11(17)18/h1-3,6H,4-5,7,13H2,(H,14,16)(H,15,19)(H,17,18). The normalized spacial score (nSPS) is 9.68. The zero-order chi connectivity index (χ0) is 14.3. The minimum absolute atomic E-state index is 0.0301. The van der Waals surface area contributed by atoms with Crippen LogP contribution in [0.4, 0.5) is 5.69 Å². The molecule has 19 heavy (non-hydrogen) atoms. The molecule has 0 heterocycles. The van der Waals surface area contributed by atoms with Gasteiger partial charge in [0.25, 0.3) is 5.91 Å². The third-order valence-corrected chi connectivity index (χ3v) is 2.22. The Balaban J connectivity index is 2.34. The monoisotopic (exact) mass is 265 g/mol. The van der Waals surface area contributed by atoms with Crippen molar-refractivity contribution in [3.63, 3.8) is 0 Å². The maximum absolute atomic E-state index is 11.6. The Morgan fingerprint density at radius 2 is 1.95 bits per heavy atom. The summed E-state index contributed by atoms with van der Waals surface area (Å²) in [5.41, 5.74) is 6.35. The van der Waals surface area contributed by atoms with E-state index in [9.17, 15) is 14.4 Å². The fourth-order valence-electron chi connectivity index (χ4n) is 1.31. The zero-order valence-electron chi connectivity index (χ0n) is 10.2. The van der Waals surface area contributed by atoms with Crippen molar-refractivity contribution in [3.05, 3.63) is 29.8 Å². The Labute approximate surface area is 109 Å². The molecule has 7 nitrogen and oxygen atoms in total. The Morgan fingerprint density at radius 3 is 2.58 bits per heavy atom. The highest BCUT2D eigenvalue weighted by molar-refractivity contribution is 5.97. The zero-order valence-corrected chi connectivity index (χ0v) is 10.2. The van der Waals surface area contributed by atoms with Gasteiger partial charge in [0.15, 0.2) is 0 Å². The van der Waals surface area contributed by atoms with E-state index in [1.165, 1.54) is 6.07 Å². The van der Waals surface area contributed by atoms with Crippen molar-refractivity contribution in [2.24, 2.45) is 0 Å². The van der Waals surface area contributed by atoms with Crippen LogP contribution >= 0.6 is 0 Å². The highest BCUT2D eigenvalue weighted by atomic mass is 16.4. The number of hydrogen-bond acceptors (Lipinski definition) is 4. The Bertz CT molecular complexity index is 488. The first-order valence-electron chi connectivity index (χ1n) is 5.61. The molecule has 0 atom stereocenters. The smallest absolute Gasteiger partial charge is 0.305 e. The summed E-state index contributed by atoms with van der Waals surface area (Å²) in [5, 5.41) is 13.2. The average molecular weight is 265 g/mol. The number of nitrogen functional groups attached to an aromatic ring is 1. The van der Waals surface area contributed by atoms with Gasteiger partial charge in [0.1, 0.15) is 0 Å². The molecule has 1 aromatic rings. The minimum Gasteiger partial charge on any atom is -0.481 e. The van der Waals surface area contributed by atoms with Crippen molar-refractivity contribution in [1.29, 1.82) is 0 Å². The molecule has 0 radical (unpaired) electrons. The van der Waals surface area contributed by atoms with Gasteiger partial charge in [0, 0.05) is 17.8 Å². The van der Waals surface area contributed by atoms with Gasteiger partial charge in [-0.2, -0.15) is 0 Å². The van der Waals surface area contributed by atoms with Crippen molar-refractivity contribution >= 4 is 23.5 Å². The minimum atomic E-state index is -0.996. The molecule has 0 saturated carbocycles. The van der Waals surface area contributed by atoms with Crippen LogP contribution in [-0.2, 0) is 9.59 Å². The molecule has 2 amide bonds. The quantitative estimate of drug-likeness (QED) is 0.521. The molecule has 1 rings (SSSR count). The van der Waals surface area contributed by atoms with E-state index in [1.807, 2.05) is 0 Å². The molecule has 0 aliphatic carbocycles. The van der Waals surface area contributed by atoms with Crippen LogP contribution in [0.1, 0.15) is 16.8 Å². The van der Waals surface area contributed by atoms with Crippen LogP contribution in [0.5, 0.6) is 0 Å². The maximum atomic E-state index is 11.6. The second kappa shape index (κ2) is 7.00. The molecule has 1 aromatic carbocycles. The number of carbonyl (C=O) groups excluding carboxylic acids is 2. The number of nitrogens with two attached hydrogens (primary N) is 1. The van der Waals surface area contributed by atoms with E-state index in [4.69, 9.17) is 10.8 Å². The molecule has 102 valence electrons. The second-order valence-electron chi connectivity index (χ2n) is 3.80. The van der Waals surface area contributed by atoms with Crippen molar-refractivity contribution in [3.8, 4) is 0 Å². The van der Waals surface area contributed by atoms with Gasteiger partial charge in [-0.3, -0.25) is 14.4 Å². The van der Waals surface area contributed by atoms with Crippen LogP contribution in [0.2, 0.25) is 0 Å². The van der Waals surface area contributed by atoms with Crippen LogP contribution in [0, 0.1) is 0 Å². The summed E-state index contributed by atoms with van der Waals surface area (Å²) in [4.78, 5) is 33.2. The van der Waals surface area contributed by atoms with Gasteiger partial charge in [0.2, 0.25) is 5.91 Å². The number of anilines is 1. The van der Waals surface area contributed by atoms with E-state index in [1.54, 1.807) is 18.2 Å². The summed E-state index contributed by atoms with van der Waals surface area (Å²) in [6, 6.07) is 6.36. The van der Waals surface area contributed by atoms with E-state index in [0.29, 0.717) is 11.3 Å². The molecule has 7 heteroatoms. The van der Waals surface area contributed by atoms with Gasteiger partial charge in [-0.1, -0.05) is 6.07 Å². The van der Waals surface area contributed by atoms with Gasteiger partial charge in [-0.15, -0.1) is 0 Å². The summed E-state index contributed by atoms with van der Waals surface area (Å²) in [5.74, 6) is -1.86. The maximum Gasteiger partial charge on any atom is 0.305 e. The number of rotatable bonds is 6. The summed E-state index contributed by atoms with van der Waals surface area (Å²) in [6.07, 6.45) is -0.158. The number of carboxylic acid groups (broad SMARTS) is 1. The summed E-state index contributed by atoms with van der Waals surface area (Å²) < 4.78 is 0. The van der Waals surface area contributed by atoms with Gasteiger partial charge in [-0.25, -0.2) is 0 Å². The lowest BCUT2D eigenvalue weighted by atomic mass is 10.2. The van der Waals surface area contributed by atoms with E-state index in [0.717, 1.165) is 0 Å². The molecule has 0 saturated heterocycles. The summed E-state index contributed by atoms with van der Waals surface area (Å²) in [7, 11) is 0. The van der Waals surface area contributed by atoms with Crippen molar-refractivity contribution in [2.75, 3.05) is 18.8 Å². The first-order valence-corrected chi connectivity index (χ1v) is 5.61. The number of hydrogen-bond donors (Lipinski definition) is 4. The molecule has 0 spiro atoms. The average Bonchev–Trinajstić information content (AvgIpc) is 2.35. The Kier molecular flexibility index (Phi) is 5.34. The fourth-order valence-corrected chi connectivity index (χ4v) is 1.31. The van der Waals surface area contributed by atoms with Crippen LogP contribution < -0.4 is 16.4 Å². The molecular formula is C12H15N3O4. The van der Waals surface area contributed by atoms with Crippen molar-refractivity contribution in [1.82, 2.24) is 10.6 Å². The lowest BCUT2D eigenvalue weighted by molar-refractivity contribution is -0.136. The molecule has 0 unspecified atom stereocenters. The van der Waals surface area contributed by atoms with E-state index in [-0.39, 0.29) is 19.5 Å². The number of aliphatic carboxylic acids is 1. The lowest BCUT2D eigenvalue weighted by Crippen LogP contribution is -2.37. The predicted octanol–water partition coefficient (Wildman–Crippen LogP) is -0.410. The SMILES string of the molecule is Nc1cccc(C(=O)NCC(=O)NCCC(=O)O)c1. The fraction of sp³-hybridized carbons (Fsp3) is 0.250. The predicted molar refractivity (Wildman–Crippen MR) is 68.5 cm³/mol. The van der Waals surface area contributed by atoms with Crippen molar-refractivity contribution < 1.29 is 19.5 Å². The molecule has 0 fully saturated rings. The van der Waals surface area contributed by atoms with Crippen molar-refractivity contribution in [2.45, 2.75) is 6.42 Å². The Morgan fingerprint density at radius 1 is 1.21 bits per heavy atom. The molecule has 0 aliphatic heterocycles. The number of carboxylic acids is 1. The third-order valence-electron chi connectivity index (χ3n) is 2.22. The Hall–Kier alpha value is -2.57. The topological polar surface area (TPSA) is 122 Å². The van der Waals surface area contributed by atoms with Gasteiger partial charge in [0.05, 0.1) is 13.0 Å². The molecule has 0 bridgehead atoms. The van der Waals surface area contributed by atoms with Crippen LogP contribution in [0.3, 0.4) is 0 Å². The molecule has 0 aliphatic rings. The van der Waals surface area contributed by atoms with Gasteiger partial charge < -0.3 is 21.5 Å². The van der Waals surface area contributed by atoms with Gasteiger partial charge in [-0.05, 0) is 18.2 Å². The highest BCUT2D eigenvalue weighted by Crippen LogP contribution is 2.05. The highest BCUT2D eigenvalue weighted by Gasteiger charge is 2.08. The number of nitrogens with one attached hydrogen (secondary N) is 2. The van der Waals surface area contributed by atoms with Gasteiger partial charge >= 0.3 is 5.97 Å². The number of carbonyl (C=O) groups is 3. The second-order valence-corrected chi connectivity index (χ2v) is 3.80.